The quantitative estimate of drug-likeness (QED) is 0.563. The van der Waals surface area contributed by atoms with E-state index in [1.54, 1.807) is 24.3 Å². The van der Waals surface area contributed by atoms with Gasteiger partial charge >= 0.3 is 5.97 Å². The van der Waals surface area contributed by atoms with E-state index in [0.29, 0.717) is 15.8 Å². The van der Waals surface area contributed by atoms with Crippen LogP contribution in [0.2, 0.25) is 10.0 Å². The summed E-state index contributed by atoms with van der Waals surface area (Å²) >= 11 is 11.8. The molecule has 0 aromatic heterocycles. The second-order valence-electron chi connectivity index (χ2n) is 4.98. The van der Waals surface area contributed by atoms with Crippen LogP contribution in [0.3, 0.4) is 0 Å². The lowest BCUT2D eigenvalue weighted by atomic mass is 10.2. The Morgan fingerprint density at radius 3 is 2.52 bits per heavy atom. The normalized spacial score (nSPS) is 11.0. The van der Waals surface area contributed by atoms with Crippen LogP contribution in [0.5, 0.6) is 5.75 Å². The summed E-state index contributed by atoms with van der Waals surface area (Å²) < 4.78 is 35.5. The summed E-state index contributed by atoms with van der Waals surface area (Å²) in [7, 11) is -3.51. The number of benzene rings is 2. The summed E-state index contributed by atoms with van der Waals surface area (Å²) in [5, 5.41) is 0.834. The van der Waals surface area contributed by atoms with Gasteiger partial charge in [-0.25, -0.2) is 13.2 Å². The highest BCUT2D eigenvalue weighted by atomic mass is 35.5. The molecule has 2 aromatic carbocycles. The monoisotopic (exact) mass is 403 g/mol. The van der Waals surface area contributed by atoms with Crippen LogP contribution in [-0.4, -0.2) is 33.9 Å². The molecule has 0 bridgehead atoms. The molecule has 25 heavy (non-hydrogen) atoms. The van der Waals surface area contributed by atoms with E-state index in [9.17, 15) is 13.2 Å². The zero-order valence-electron chi connectivity index (χ0n) is 13.2. The van der Waals surface area contributed by atoms with E-state index in [4.69, 9.17) is 32.7 Å². The summed E-state index contributed by atoms with van der Waals surface area (Å²) in [5.74, 6) is -0.251. The highest BCUT2D eigenvalue weighted by Gasteiger charge is 2.15. The van der Waals surface area contributed by atoms with Crippen molar-refractivity contribution in [3.63, 3.8) is 0 Å². The Hall–Kier alpha value is -1.96. The number of halogens is 2. The molecular weight excluding hydrogens is 389 g/mol. The maximum atomic E-state index is 12.1. The zero-order valence-corrected chi connectivity index (χ0v) is 15.5. The standard InChI is InChI=1S/C16H15Cl2NO5S/c1-25(21,22)19-14-5-3-2-4-12(14)16(20)24-9-8-23-15-7-6-11(17)10-13(15)18/h2-7,10,19H,8-9H2,1H3. The highest BCUT2D eigenvalue weighted by Crippen LogP contribution is 2.27. The van der Waals surface area contributed by atoms with Crippen molar-refractivity contribution in [2.24, 2.45) is 0 Å². The fraction of sp³-hybridized carbons (Fsp3) is 0.188. The SMILES string of the molecule is CS(=O)(=O)Nc1ccccc1C(=O)OCCOc1ccc(Cl)cc1Cl. The Morgan fingerprint density at radius 1 is 1.12 bits per heavy atom. The predicted molar refractivity (Wildman–Crippen MR) is 97.1 cm³/mol. The van der Waals surface area contributed by atoms with Gasteiger partial charge in [0, 0.05) is 5.02 Å². The van der Waals surface area contributed by atoms with Crippen molar-refractivity contribution in [3.8, 4) is 5.75 Å². The Balaban J connectivity index is 1.92. The molecule has 0 fully saturated rings. The molecule has 0 atom stereocenters. The first kappa shape index (κ1) is 19.4. The Morgan fingerprint density at radius 2 is 1.84 bits per heavy atom. The van der Waals surface area contributed by atoms with Gasteiger partial charge in [0.2, 0.25) is 10.0 Å². The number of ether oxygens (including phenoxy) is 2. The van der Waals surface area contributed by atoms with Crippen LogP contribution < -0.4 is 9.46 Å². The zero-order chi connectivity index (χ0) is 18.4. The molecule has 6 nitrogen and oxygen atoms in total. The summed E-state index contributed by atoms with van der Waals surface area (Å²) in [5.41, 5.74) is 0.258. The predicted octanol–water partition coefficient (Wildman–Crippen LogP) is 3.60. The third-order valence-corrected chi connectivity index (χ3v) is 4.03. The van der Waals surface area contributed by atoms with Gasteiger partial charge in [0.25, 0.3) is 0 Å². The first-order valence-corrected chi connectivity index (χ1v) is 9.73. The van der Waals surface area contributed by atoms with Crippen molar-refractivity contribution in [3.05, 3.63) is 58.1 Å². The second-order valence-corrected chi connectivity index (χ2v) is 7.57. The molecule has 134 valence electrons. The summed E-state index contributed by atoms with van der Waals surface area (Å²) in [6, 6.07) is 10.9. The average molecular weight is 404 g/mol. The van der Waals surface area contributed by atoms with Crippen LogP contribution in [-0.2, 0) is 14.8 Å². The summed E-state index contributed by atoms with van der Waals surface area (Å²) in [6.45, 7) is 0.0414. The molecule has 0 heterocycles. The molecular formula is C16H15Cl2NO5S. The van der Waals surface area contributed by atoms with Gasteiger partial charge in [-0.05, 0) is 30.3 Å². The minimum Gasteiger partial charge on any atom is -0.488 e. The van der Waals surface area contributed by atoms with Crippen LogP contribution in [0.15, 0.2) is 42.5 Å². The number of anilines is 1. The number of sulfonamides is 1. The topological polar surface area (TPSA) is 81.7 Å². The van der Waals surface area contributed by atoms with Gasteiger partial charge in [-0.15, -0.1) is 0 Å². The smallest absolute Gasteiger partial charge is 0.340 e. The third-order valence-electron chi connectivity index (χ3n) is 2.91. The number of carbonyl (C=O) groups is 1. The van der Waals surface area contributed by atoms with E-state index in [1.807, 2.05) is 0 Å². The van der Waals surface area contributed by atoms with Gasteiger partial charge in [0.05, 0.1) is 22.5 Å². The fourth-order valence-electron chi connectivity index (χ4n) is 1.91. The minimum atomic E-state index is -3.51. The van der Waals surface area contributed by atoms with E-state index in [0.717, 1.165) is 6.26 Å². The molecule has 9 heteroatoms. The molecule has 0 saturated carbocycles. The lowest BCUT2D eigenvalue weighted by Crippen LogP contribution is -2.16. The van der Waals surface area contributed by atoms with E-state index < -0.39 is 16.0 Å². The number of rotatable bonds is 7. The van der Waals surface area contributed by atoms with Gasteiger partial charge in [0.15, 0.2) is 0 Å². The molecule has 0 amide bonds. The van der Waals surface area contributed by atoms with E-state index in [-0.39, 0.29) is 24.5 Å². The van der Waals surface area contributed by atoms with Gasteiger partial charge < -0.3 is 9.47 Å². The Labute approximate surface area is 155 Å². The Bertz CT molecular complexity index is 871. The second kappa shape index (κ2) is 8.42. The maximum Gasteiger partial charge on any atom is 0.340 e. The lowest BCUT2D eigenvalue weighted by Gasteiger charge is -2.11. The molecule has 0 aliphatic heterocycles. The van der Waals surface area contributed by atoms with Crippen molar-refractivity contribution < 1.29 is 22.7 Å². The largest absolute Gasteiger partial charge is 0.488 e. The molecule has 0 radical (unpaired) electrons. The number of hydrogen-bond acceptors (Lipinski definition) is 5. The number of hydrogen-bond donors (Lipinski definition) is 1. The molecule has 1 N–H and O–H groups in total. The molecule has 0 spiro atoms. The van der Waals surface area contributed by atoms with Gasteiger partial charge in [-0.2, -0.15) is 0 Å². The van der Waals surface area contributed by atoms with Gasteiger partial charge in [-0.3, -0.25) is 4.72 Å². The van der Waals surface area contributed by atoms with Crippen LogP contribution in [0.1, 0.15) is 10.4 Å². The number of para-hydroxylation sites is 1. The number of nitrogens with one attached hydrogen (secondary N) is 1. The van der Waals surface area contributed by atoms with Crippen molar-refractivity contribution in [2.45, 2.75) is 0 Å². The van der Waals surface area contributed by atoms with E-state index >= 15 is 0 Å². The maximum absolute atomic E-state index is 12.1. The lowest BCUT2D eigenvalue weighted by molar-refractivity contribution is 0.0452. The molecule has 0 unspecified atom stereocenters. The van der Waals surface area contributed by atoms with Crippen LogP contribution in [0.25, 0.3) is 0 Å². The Kier molecular flexibility index (Phi) is 6.52. The molecule has 0 aliphatic carbocycles. The fourth-order valence-corrected chi connectivity index (χ4v) is 2.95. The molecule has 2 aromatic rings. The van der Waals surface area contributed by atoms with E-state index in [2.05, 4.69) is 4.72 Å². The molecule has 0 aliphatic rings. The van der Waals surface area contributed by atoms with Crippen molar-refractivity contribution >= 4 is 44.9 Å². The highest BCUT2D eigenvalue weighted by molar-refractivity contribution is 7.92. The minimum absolute atomic E-state index is 0.0367. The summed E-state index contributed by atoms with van der Waals surface area (Å²) in [6.07, 6.45) is 0.999. The van der Waals surface area contributed by atoms with Crippen LogP contribution in [0, 0.1) is 0 Å². The summed E-state index contributed by atoms with van der Waals surface area (Å²) in [4.78, 5) is 12.1. The first-order valence-electron chi connectivity index (χ1n) is 7.08. The first-order chi connectivity index (χ1) is 11.8. The van der Waals surface area contributed by atoms with E-state index in [1.165, 1.54) is 18.2 Å². The number of carbonyl (C=O) groups excluding carboxylic acids is 1. The third kappa shape index (κ3) is 6.12. The average Bonchev–Trinajstić information content (AvgIpc) is 2.52. The van der Waals surface area contributed by atoms with Gasteiger partial charge in [0.1, 0.15) is 19.0 Å². The van der Waals surface area contributed by atoms with Crippen molar-refractivity contribution in [1.29, 1.82) is 0 Å². The number of esters is 1. The van der Waals surface area contributed by atoms with Crippen LogP contribution >= 0.6 is 23.2 Å². The molecule has 0 saturated heterocycles. The van der Waals surface area contributed by atoms with Crippen LogP contribution in [0.4, 0.5) is 5.69 Å². The van der Waals surface area contributed by atoms with Gasteiger partial charge in [-0.1, -0.05) is 35.3 Å². The molecule has 2 rings (SSSR count). The van der Waals surface area contributed by atoms with Crippen molar-refractivity contribution in [2.75, 3.05) is 24.2 Å². The van der Waals surface area contributed by atoms with Crippen molar-refractivity contribution in [1.82, 2.24) is 0 Å².